The Kier molecular flexibility index (Phi) is 7.61. The predicted molar refractivity (Wildman–Crippen MR) is 75.2 cm³/mol. The minimum absolute atomic E-state index is 0.140. The van der Waals surface area contributed by atoms with Crippen molar-refractivity contribution in [2.75, 3.05) is 6.61 Å². The zero-order valence-electron chi connectivity index (χ0n) is 11.1. The second kappa shape index (κ2) is 9.46. The van der Waals surface area contributed by atoms with E-state index >= 15 is 0 Å². The number of hydrogen-bond acceptors (Lipinski definition) is 2. The second-order valence-corrected chi connectivity index (χ2v) is 4.30. The van der Waals surface area contributed by atoms with E-state index in [1.807, 2.05) is 42.5 Å². The zero-order chi connectivity index (χ0) is 13.1. The molecule has 0 aliphatic carbocycles. The lowest BCUT2D eigenvalue weighted by molar-refractivity contribution is -0.142. The summed E-state index contributed by atoms with van der Waals surface area (Å²) in [5, 5.41) is 0. The Morgan fingerprint density at radius 2 is 1.94 bits per heavy atom. The topological polar surface area (TPSA) is 26.3 Å². The molecule has 2 nitrogen and oxygen atoms in total. The lowest BCUT2D eigenvalue weighted by Crippen LogP contribution is -2.04. The van der Waals surface area contributed by atoms with E-state index in [1.54, 1.807) is 0 Å². The molecule has 0 aromatic heterocycles. The van der Waals surface area contributed by atoms with Crippen LogP contribution < -0.4 is 0 Å². The molecule has 0 bridgehead atoms. The normalized spacial score (nSPS) is 10.7. The van der Waals surface area contributed by atoms with E-state index in [4.69, 9.17) is 4.74 Å². The maximum absolute atomic E-state index is 11.4. The summed E-state index contributed by atoms with van der Waals surface area (Å²) in [5.41, 5.74) is 1.10. The molecule has 0 saturated carbocycles. The van der Waals surface area contributed by atoms with Crippen molar-refractivity contribution in [2.45, 2.75) is 39.0 Å². The van der Waals surface area contributed by atoms with Crippen molar-refractivity contribution in [3.05, 3.63) is 42.0 Å². The van der Waals surface area contributed by atoms with Crippen LogP contribution in [0.2, 0.25) is 0 Å². The average Bonchev–Trinajstić information content (AvgIpc) is 2.40. The van der Waals surface area contributed by atoms with Gasteiger partial charge in [-0.05, 0) is 12.0 Å². The summed E-state index contributed by atoms with van der Waals surface area (Å²) < 4.78 is 5.14. The monoisotopic (exact) mass is 246 g/mol. The number of ether oxygens (including phenoxy) is 1. The van der Waals surface area contributed by atoms with E-state index in [9.17, 15) is 4.79 Å². The summed E-state index contributed by atoms with van der Waals surface area (Å²) in [7, 11) is 0. The van der Waals surface area contributed by atoms with E-state index in [1.165, 1.54) is 12.8 Å². The minimum atomic E-state index is -0.140. The van der Waals surface area contributed by atoms with Crippen molar-refractivity contribution in [3.8, 4) is 0 Å². The molecule has 1 aromatic carbocycles. The number of hydrogen-bond donors (Lipinski definition) is 0. The van der Waals surface area contributed by atoms with Gasteiger partial charge in [-0.1, -0.05) is 68.7 Å². The fraction of sp³-hybridized carbons (Fsp3) is 0.438. The number of carbonyl (C=O) groups is 1. The van der Waals surface area contributed by atoms with Gasteiger partial charge in [-0.2, -0.15) is 0 Å². The fourth-order valence-corrected chi connectivity index (χ4v) is 1.63. The first kappa shape index (κ1) is 14.5. The first-order valence-electron chi connectivity index (χ1n) is 6.70. The molecule has 0 spiro atoms. The molecule has 0 amide bonds. The van der Waals surface area contributed by atoms with Gasteiger partial charge < -0.3 is 4.74 Å². The lowest BCUT2D eigenvalue weighted by atomic mass is 10.2. The van der Waals surface area contributed by atoms with E-state index < -0.39 is 0 Å². The van der Waals surface area contributed by atoms with Crippen LogP contribution in [0.4, 0.5) is 0 Å². The van der Waals surface area contributed by atoms with Crippen molar-refractivity contribution in [2.24, 2.45) is 0 Å². The molecule has 0 aliphatic rings. The number of unbranched alkanes of at least 4 members (excludes halogenated alkanes) is 3. The molecular formula is C16H22O2. The van der Waals surface area contributed by atoms with Crippen LogP contribution in [0.15, 0.2) is 36.4 Å². The molecule has 0 heterocycles. The van der Waals surface area contributed by atoms with Crippen molar-refractivity contribution in [1.29, 1.82) is 0 Å². The third kappa shape index (κ3) is 6.89. The first-order chi connectivity index (χ1) is 8.83. The Morgan fingerprint density at radius 3 is 2.67 bits per heavy atom. The van der Waals surface area contributed by atoms with E-state index in [0.29, 0.717) is 13.0 Å². The van der Waals surface area contributed by atoms with Crippen molar-refractivity contribution >= 4 is 12.0 Å². The van der Waals surface area contributed by atoms with Crippen LogP contribution in [0.1, 0.15) is 44.6 Å². The third-order valence-electron chi connectivity index (χ3n) is 2.66. The smallest absolute Gasteiger partial charge is 0.309 e. The Balaban J connectivity index is 2.11. The molecule has 2 heteroatoms. The van der Waals surface area contributed by atoms with Crippen LogP contribution in [0, 0.1) is 0 Å². The summed E-state index contributed by atoms with van der Waals surface area (Å²) in [5.74, 6) is -0.140. The summed E-state index contributed by atoms with van der Waals surface area (Å²) >= 11 is 0. The summed E-state index contributed by atoms with van der Waals surface area (Å²) in [6, 6.07) is 9.94. The van der Waals surface area contributed by atoms with Gasteiger partial charge in [0.05, 0.1) is 13.0 Å². The fourth-order valence-electron chi connectivity index (χ4n) is 1.63. The lowest BCUT2D eigenvalue weighted by Gasteiger charge is -2.02. The SMILES string of the molecule is CCCCCCOC(=O)C/C=C/c1ccccc1. The van der Waals surface area contributed by atoms with Crippen LogP contribution in [0.25, 0.3) is 6.08 Å². The predicted octanol–water partition coefficient (Wildman–Crippen LogP) is 4.21. The zero-order valence-corrected chi connectivity index (χ0v) is 11.1. The van der Waals surface area contributed by atoms with Gasteiger partial charge in [-0.25, -0.2) is 0 Å². The highest BCUT2D eigenvalue weighted by molar-refractivity contribution is 5.72. The van der Waals surface area contributed by atoms with Crippen LogP contribution in [0.5, 0.6) is 0 Å². The van der Waals surface area contributed by atoms with Crippen LogP contribution in [-0.4, -0.2) is 12.6 Å². The Labute approximate surface area is 110 Å². The molecule has 0 fully saturated rings. The van der Waals surface area contributed by atoms with Gasteiger partial charge in [0.1, 0.15) is 0 Å². The largest absolute Gasteiger partial charge is 0.465 e. The quantitative estimate of drug-likeness (QED) is 0.507. The Bertz CT molecular complexity index is 355. The van der Waals surface area contributed by atoms with Crippen LogP contribution in [0.3, 0.4) is 0 Å². The summed E-state index contributed by atoms with van der Waals surface area (Å²) in [6.45, 7) is 2.72. The number of esters is 1. The van der Waals surface area contributed by atoms with Crippen LogP contribution >= 0.6 is 0 Å². The number of benzene rings is 1. The molecule has 0 unspecified atom stereocenters. The third-order valence-corrected chi connectivity index (χ3v) is 2.66. The molecule has 98 valence electrons. The highest BCUT2D eigenvalue weighted by Gasteiger charge is 1.98. The van der Waals surface area contributed by atoms with E-state index in [-0.39, 0.29) is 5.97 Å². The first-order valence-corrected chi connectivity index (χ1v) is 6.70. The molecule has 18 heavy (non-hydrogen) atoms. The maximum Gasteiger partial charge on any atom is 0.309 e. The van der Waals surface area contributed by atoms with Gasteiger partial charge in [0.15, 0.2) is 0 Å². The highest BCUT2D eigenvalue weighted by Crippen LogP contribution is 2.03. The van der Waals surface area contributed by atoms with E-state index in [0.717, 1.165) is 18.4 Å². The molecular weight excluding hydrogens is 224 g/mol. The minimum Gasteiger partial charge on any atom is -0.465 e. The maximum atomic E-state index is 11.4. The average molecular weight is 246 g/mol. The van der Waals surface area contributed by atoms with Gasteiger partial charge in [-0.15, -0.1) is 0 Å². The summed E-state index contributed by atoms with van der Waals surface area (Å²) in [6.07, 6.45) is 8.68. The highest BCUT2D eigenvalue weighted by atomic mass is 16.5. The molecule has 1 rings (SSSR count). The molecule has 0 atom stereocenters. The van der Waals surface area contributed by atoms with Gasteiger partial charge in [-0.3, -0.25) is 4.79 Å². The van der Waals surface area contributed by atoms with Gasteiger partial charge in [0.25, 0.3) is 0 Å². The summed E-state index contributed by atoms with van der Waals surface area (Å²) in [4.78, 5) is 11.4. The van der Waals surface area contributed by atoms with E-state index in [2.05, 4.69) is 6.92 Å². The molecule has 1 aromatic rings. The molecule has 0 saturated heterocycles. The van der Waals surface area contributed by atoms with Crippen molar-refractivity contribution in [1.82, 2.24) is 0 Å². The molecule has 0 aliphatic heterocycles. The van der Waals surface area contributed by atoms with Crippen molar-refractivity contribution < 1.29 is 9.53 Å². The van der Waals surface area contributed by atoms with Crippen molar-refractivity contribution in [3.63, 3.8) is 0 Å². The second-order valence-electron chi connectivity index (χ2n) is 4.30. The standard InChI is InChI=1S/C16H22O2/c1-2-3-4-8-14-18-16(17)13-9-12-15-10-6-5-7-11-15/h5-7,9-12H,2-4,8,13-14H2,1H3/b12-9+. The molecule has 0 radical (unpaired) electrons. The van der Waals surface area contributed by atoms with Gasteiger partial charge in [0.2, 0.25) is 0 Å². The Morgan fingerprint density at radius 1 is 1.17 bits per heavy atom. The number of carbonyl (C=O) groups excluding carboxylic acids is 1. The van der Waals surface area contributed by atoms with Crippen LogP contribution in [-0.2, 0) is 9.53 Å². The van der Waals surface area contributed by atoms with Gasteiger partial charge >= 0.3 is 5.97 Å². The number of rotatable bonds is 8. The Hall–Kier alpha value is -1.57. The molecule has 0 N–H and O–H groups in total. The van der Waals surface area contributed by atoms with Gasteiger partial charge in [0, 0.05) is 0 Å².